The lowest BCUT2D eigenvalue weighted by molar-refractivity contribution is 0.597. The Bertz CT molecular complexity index is 490. The first-order valence-corrected chi connectivity index (χ1v) is 5.85. The van der Waals surface area contributed by atoms with Crippen LogP contribution in [0.4, 0.5) is 0 Å². The van der Waals surface area contributed by atoms with Gasteiger partial charge in [0.15, 0.2) is 0 Å². The fraction of sp³-hybridized carbons (Fsp3) is 0. The van der Waals surface area contributed by atoms with Crippen molar-refractivity contribution < 1.29 is 8.42 Å². The minimum Gasteiger partial charge on any atom is -0.216 e. The maximum atomic E-state index is 11.3. The van der Waals surface area contributed by atoms with E-state index in [0.717, 1.165) is 0 Å². The van der Waals surface area contributed by atoms with Gasteiger partial charge in [0, 0.05) is 13.9 Å². The second-order valence-electron chi connectivity index (χ2n) is 2.20. The zero-order valence-corrected chi connectivity index (χ0v) is 9.71. The summed E-state index contributed by atoms with van der Waals surface area (Å²) in [4.78, 5) is 2.00. The molecule has 0 aliphatic carbocycles. The van der Waals surface area contributed by atoms with Gasteiger partial charge >= 0.3 is 0 Å². The molecule has 0 unspecified atom stereocenters. The van der Waals surface area contributed by atoms with E-state index in [1.807, 2.05) is 0 Å². The third-order valence-corrected chi connectivity index (χ3v) is 3.91. The molecule has 0 fully saturated rings. The highest BCUT2D eigenvalue weighted by atomic mass is 79.9. The van der Waals surface area contributed by atoms with Crippen molar-refractivity contribution in [3.05, 3.63) is 38.1 Å². The number of halogens is 2. The van der Waals surface area contributed by atoms with Crippen LogP contribution in [0.3, 0.4) is 0 Å². The SMILES string of the molecule is [N-]=[N+]=NS(=O)(=O)c1c(Cl)cccc1Br. The van der Waals surface area contributed by atoms with Crippen LogP contribution < -0.4 is 0 Å². The normalized spacial score (nSPS) is 10.7. The molecule has 0 spiro atoms. The number of benzene rings is 1. The molecule has 8 heteroatoms. The van der Waals surface area contributed by atoms with Crippen molar-refractivity contribution in [2.75, 3.05) is 0 Å². The number of rotatable bonds is 2. The molecule has 1 rings (SSSR count). The first-order chi connectivity index (χ1) is 6.49. The van der Waals surface area contributed by atoms with Crippen molar-refractivity contribution in [3.63, 3.8) is 0 Å². The minimum absolute atomic E-state index is 0.00627. The maximum Gasteiger partial charge on any atom is 0.266 e. The molecule has 0 saturated heterocycles. The molecule has 0 heterocycles. The van der Waals surface area contributed by atoms with Crippen molar-refractivity contribution in [2.45, 2.75) is 4.90 Å². The molecule has 74 valence electrons. The van der Waals surface area contributed by atoms with Gasteiger partial charge in [0.2, 0.25) is 0 Å². The van der Waals surface area contributed by atoms with Crippen LogP contribution in [0.5, 0.6) is 0 Å². The Morgan fingerprint density at radius 3 is 2.64 bits per heavy atom. The summed E-state index contributed by atoms with van der Waals surface area (Å²) in [6.07, 6.45) is 0. The van der Waals surface area contributed by atoms with E-state index >= 15 is 0 Å². The Labute approximate surface area is 93.5 Å². The minimum atomic E-state index is -4.04. The largest absolute Gasteiger partial charge is 0.266 e. The van der Waals surface area contributed by atoms with Gasteiger partial charge < -0.3 is 0 Å². The van der Waals surface area contributed by atoms with Gasteiger partial charge in [-0.1, -0.05) is 17.7 Å². The Morgan fingerprint density at radius 2 is 2.14 bits per heavy atom. The Kier molecular flexibility index (Phi) is 3.38. The molecule has 1 aromatic carbocycles. The average Bonchev–Trinajstić information content (AvgIpc) is 2.02. The lowest BCUT2D eigenvalue weighted by Crippen LogP contribution is -1.97. The molecule has 0 radical (unpaired) electrons. The van der Waals surface area contributed by atoms with E-state index in [2.05, 4.69) is 25.4 Å². The van der Waals surface area contributed by atoms with Crippen LogP contribution in [-0.4, -0.2) is 8.42 Å². The van der Waals surface area contributed by atoms with Gasteiger partial charge in [0.05, 0.1) is 5.02 Å². The predicted molar refractivity (Wildman–Crippen MR) is 55.5 cm³/mol. The van der Waals surface area contributed by atoms with Gasteiger partial charge in [-0.25, -0.2) is 8.42 Å². The van der Waals surface area contributed by atoms with E-state index in [9.17, 15) is 8.42 Å². The second kappa shape index (κ2) is 4.18. The Morgan fingerprint density at radius 1 is 1.50 bits per heavy atom. The van der Waals surface area contributed by atoms with E-state index in [1.165, 1.54) is 12.1 Å². The quantitative estimate of drug-likeness (QED) is 0.477. The molecule has 0 aromatic heterocycles. The standard InChI is InChI=1S/C6H3BrClN3O2S/c7-4-2-1-3-5(8)6(4)14(12,13)11-10-9/h1-3H. The average molecular weight is 297 g/mol. The first kappa shape index (κ1) is 11.3. The third-order valence-electron chi connectivity index (χ3n) is 1.32. The van der Waals surface area contributed by atoms with Gasteiger partial charge in [-0.05, 0) is 33.6 Å². The van der Waals surface area contributed by atoms with Crippen LogP contribution in [0.25, 0.3) is 10.4 Å². The fourth-order valence-electron chi connectivity index (χ4n) is 0.818. The van der Waals surface area contributed by atoms with Crippen molar-refractivity contribution in [3.8, 4) is 0 Å². The summed E-state index contributed by atoms with van der Waals surface area (Å²) in [5.41, 5.74) is 8.07. The lowest BCUT2D eigenvalue weighted by atomic mass is 10.4. The van der Waals surface area contributed by atoms with E-state index in [0.29, 0.717) is 0 Å². The summed E-state index contributed by atoms with van der Waals surface area (Å²) < 4.78 is 25.6. The van der Waals surface area contributed by atoms with E-state index in [4.69, 9.17) is 17.1 Å². The van der Waals surface area contributed by atoms with Crippen molar-refractivity contribution in [1.29, 1.82) is 0 Å². The number of hydrogen-bond donors (Lipinski definition) is 0. The van der Waals surface area contributed by atoms with E-state index < -0.39 is 10.0 Å². The fourth-order valence-corrected chi connectivity index (χ4v) is 3.19. The van der Waals surface area contributed by atoms with Crippen LogP contribution in [0.2, 0.25) is 5.02 Å². The zero-order valence-electron chi connectivity index (χ0n) is 6.55. The van der Waals surface area contributed by atoms with E-state index in [1.54, 1.807) is 6.07 Å². The monoisotopic (exact) mass is 295 g/mol. The van der Waals surface area contributed by atoms with Crippen molar-refractivity contribution in [1.82, 2.24) is 0 Å². The number of nitrogens with zero attached hydrogens (tertiary/aromatic N) is 3. The molecular weight excluding hydrogens is 294 g/mol. The number of sulfonamides is 1. The van der Waals surface area contributed by atoms with Crippen LogP contribution >= 0.6 is 27.5 Å². The highest BCUT2D eigenvalue weighted by molar-refractivity contribution is 9.10. The highest BCUT2D eigenvalue weighted by Gasteiger charge is 2.19. The molecule has 0 amide bonds. The molecule has 1 aromatic rings. The summed E-state index contributed by atoms with van der Waals surface area (Å²) >= 11 is 8.66. The summed E-state index contributed by atoms with van der Waals surface area (Å²) in [5.74, 6) is 0. The summed E-state index contributed by atoms with van der Waals surface area (Å²) in [7, 11) is -4.04. The third kappa shape index (κ3) is 2.19. The van der Waals surface area contributed by atoms with Crippen LogP contribution in [-0.2, 0) is 10.0 Å². The predicted octanol–water partition coefficient (Wildman–Crippen LogP) is 3.10. The van der Waals surface area contributed by atoms with Gasteiger partial charge in [-0.15, -0.1) is 0 Å². The first-order valence-electron chi connectivity index (χ1n) is 3.24. The number of hydrogen-bond acceptors (Lipinski definition) is 2. The lowest BCUT2D eigenvalue weighted by Gasteiger charge is -2.02. The van der Waals surface area contributed by atoms with Gasteiger partial charge in [-0.2, -0.15) is 0 Å². The van der Waals surface area contributed by atoms with Gasteiger partial charge in [-0.3, -0.25) is 0 Å². The maximum absolute atomic E-state index is 11.3. The van der Waals surface area contributed by atoms with Gasteiger partial charge in [0.1, 0.15) is 4.90 Å². The summed E-state index contributed by atoms with van der Waals surface area (Å²) in [6.45, 7) is 0. The molecule has 0 atom stereocenters. The molecule has 0 aliphatic rings. The van der Waals surface area contributed by atoms with Crippen molar-refractivity contribution in [2.24, 2.45) is 4.52 Å². The molecule has 0 N–H and O–H groups in total. The van der Waals surface area contributed by atoms with Gasteiger partial charge in [0.25, 0.3) is 10.0 Å². The van der Waals surface area contributed by atoms with Crippen LogP contribution in [0, 0.1) is 0 Å². The second-order valence-corrected chi connectivity index (χ2v) is 4.98. The highest BCUT2D eigenvalue weighted by Crippen LogP contribution is 2.30. The summed E-state index contributed by atoms with van der Waals surface area (Å²) in [5, 5.41) is 0.00627. The van der Waals surface area contributed by atoms with Crippen molar-refractivity contribution >= 4 is 37.6 Å². The molecule has 0 bridgehead atoms. The Balaban J connectivity index is 3.55. The molecule has 14 heavy (non-hydrogen) atoms. The smallest absolute Gasteiger partial charge is 0.216 e. The Hall–Kier alpha value is -0.750. The number of azide groups is 1. The zero-order chi connectivity index (χ0) is 10.8. The topological polar surface area (TPSA) is 82.9 Å². The summed E-state index contributed by atoms with van der Waals surface area (Å²) in [6, 6.07) is 4.46. The molecule has 5 nitrogen and oxygen atoms in total. The van der Waals surface area contributed by atoms with Crippen LogP contribution in [0.15, 0.2) is 32.1 Å². The van der Waals surface area contributed by atoms with Crippen LogP contribution in [0.1, 0.15) is 0 Å². The molecular formula is C6H3BrClN3O2S. The van der Waals surface area contributed by atoms with E-state index in [-0.39, 0.29) is 14.4 Å². The molecule has 0 saturated carbocycles. The molecule has 0 aliphatic heterocycles.